The lowest BCUT2D eigenvalue weighted by Gasteiger charge is -2.20. The Morgan fingerprint density at radius 2 is 2.10 bits per heavy atom. The van der Waals surface area contributed by atoms with Gasteiger partial charge < -0.3 is 25.3 Å². The van der Waals surface area contributed by atoms with Gasteiger partial charge in [0.25, 0.3) is 5.91 Å². The molecule has 8 nitrogen and oxygen atoms in total. The van der Waals surface area contributed by atoms with E-state index in [0.29, 0.717) is 25.4 Å². The number of rotatable bonds is 8. The fourth-order valence-corrected chi connectivity index (χ4v) is 3.11. The van der Waals surface area contributed by atoms with E-state index in [1.807, 2.05) is 32.6 Å². The van der Waals surface area contributed by atoms with Gasteiger partial charge >= 0.3 is 0 Å². The van der Waals surface area contributed by atoms with Crippen LogP contribution in [0.3, 0.4) is 0 Å². The normalized spacial score (nSPS) is 16.5. The highest BCUT2D eigenvalue weighted by atomic mass is 127. The summed E-state index contributed by atoms with van der Waals surface area (Å²) < 4.78 is 5.18. The van der Waals surface area contributed by atoms with E-state index in [2.05, 4.69) is 20.9 Å². The van der Waals surface area contributed by atoms with E-state index in [1.54, 1.807) is 6.07 Å². The second kappa shape index (κ2) is 12.7. The number of nitrogens with one attached hydrogen (secondary N) is 3. The molecule has 0 radical (unpaired) electrons. The quantitative estimate of drug-likeness (QED) is 0.212. The summed E-state index contributed by atoms with van der Waals surface area (Å²) in [5.74, 6) is 1.15. The van der Waals surface area contributed by atoms with Crippen LogP contribution in [0, 0.1) is 12.8 Å². The third-order valence-corrected chi connectivity index (χ3v) is 4.64. The molecule has 2 amide bonds. The molecule has 1 atom stereocenters. The zero-order chi connectivity index (χ0) is 20.5. The first kappa shape index (κ1) is 25.3. The van der Waals surface area contributed by atoms with Gasteiger partial charge in [-0.15, -0.1) is 24.0 Å². The Bertz CT molecular complexity index is 689. The van der Waals surface area contributed by atoms with Crippen LogP contribution in [-0.4, -0.2) is 61.4 Å². The molecule has 1 aromatic heterocycles. The summed E-state index contributed by atoms with van der Waals surface area (Å²) >= 11 is 0. The van der Waals surface area contributed by atoms with Gasteiger partial charge in [0.05, 0.1) is 6.26 Å². The summed E-state index contributed by atoms with van der Waals surface area (Å²) in [6.45, 7) is 11.1. The first-order valence-corrected chi connectivity index (χ1v) is 10.1. The van der Waals surface area contributed by atoms with Crippen LogP contribution in [0.2, 0.25) is 0 Å². The first-order chi connectivity index (χ1) is 13.4. The van der Waals surface area contributed by atoms with Gasteiger partial charge in [-0.25, -0.2) is 0 Å². The second-order valence-corrected chi connectivity index (χ2v) is 7.37. The number of hydrogen-bond donors (Lipinski definition) is 3. The van der Waals surface area contributed by atoms with Gasteiger partial charge in [-0.2, -0.15) is 0 Å². The fraction of sp³-hybridized carbons (Fsp3) is 0.650. The monoisotopic (exact) mass is 519 g/mol. The number of likely N-dealkylation sites (tertiary alicyclic amines) is 1. The highest BCUT2D eigenvalue weighted by molar-refractivity contribution is 14.0. The van der Waals surface area contributed by atoms with Crippen LogP contribution in [0.4, 0.5) is 0 Å². The van der Waals surface area contributed by atoms with Crippen molar-refractivity contribution in [2.75, 3.05) is 32.7 Å². The van der Waals surface area contributed by atoms with Crippen molar-refractivity contribution >= 4 is 41.8 Å². The lowest BCUT2D eigenvalue weighted by molar-refractivity contribution is -0.133. The van der Waals surface area contributed by atoms with Gasteiger partial charge in [-0.3, -0.25) is 14.6 Å². The molecular formula is C20H34IN5O3. The average Bonchev–Trinajstić information content (AvgIpc) is 3.29. The molecule has 1 unspecified atom stereocenters. The largest absolute Gasteiger partial charge is 0.459 e. The van der Waals surface area contributed by atoms with E-state index in [9.17, 15) is 9.59 Å². The molecule has 1 aliphatic rings. The molecule has 0 bridgehead atoms. The zero-order valence-corrected chi connectivity index (χ0v) is 20.1. The van der Waals surface area contributed by atoms with Crippen molar-refractivity contribution in [3.8, 4) is 0 Å². The maximum atomic E-state index is 12.1. The van der Waals surface area contributed by atoms with Gasteiger partial charge in [0, 0.05) is 50.2 Å². The summed E-state index contributed by atoms with van der Waals surface area (Å²) in [5.41, 5.74) is 0.829. The van der Waals surface area contributed by atoms with Gasteiger partial charge in [0.1, 0.15) is 0 Å². The molecule has 0 spiro atoms. The van der Waals surface area contributed by atoms with Crippen LogP contribution in [0.1, 0.15) is 49.7 Å². The zero-order valence-electron chi connectivity index (χ0n) is 17.8. The van der Waals surface area contributed by atoms with Gasteiger partial charge in [-0.05, 0) is 32.8 Å². The average molecular weight is 519 g/mol. The number of furan rings is 1. The number of aryl methyl sites for hydroxylation is 1. The number of hydrogen-bond acceptors (Lipinski definition) is 4. The van der Waals surface area contributed by atoms with Crippen LogP contribution in [0.25, 0.3) is 0 Å². The van der Waals surface area contributed by atoms with Crippen LogP contribution >= 0.6 is 24.0 Å². The molecular weight excluding hydrogens is 485 g/mol. The summed E-state index contributed by atoms with van der Waals surface area (Å²) in [6.07, 6.45) is 3.16. The molecule has 9 heteroatoms. The van der Waals surface area contributed by atoms with Crippen LogP contribution < -0.4 is 16.0 Å². The Labute approximate surface area is 190 Å². The second-order valence-electron chi connectivity index (χ2n) is 7.37. The number of aliphatic imine (C=N–C) groups is 1. The summed E-state index contributed by atoms with van der Waals surface area (Å²) in [6, 6.07) is 1.98. The molecule has 164 valence electrons. The molecule has 29 heavy (non-hydrogen) atoms. The number of guanidine groups is 1. The first-order valence-electron chi connectivity index (χ1n) is 10.1. The van der Waals surface area contributed by atoms with Crippen molar-refractivity contribution < 1.29 is 14.0 Å². The van der Waals surface area contributed by atoms with E-state index in [-0.39, 0.29) is 47.8 Å². The van der Waals surface area contributed by atoms with E-state index < -0.39 is 0 Å². The van der Waals surface area contributed by atoms with E-state index in [4.69, 9.17) is 4.42 Å². The minimum atomic E-state index is -0.197. The maximum Gasteiger partial charge on any atom is 0.287 e. The topological polar surface area (TPSA) is 99.0 Å². The third kappa shape index (κ3) is 7.87. The highest BCUT2D eigenvalue weighted by Gasteiger charge is 2.27. The van der Waals surface area contributed by atoms with Crippen molar-refractivity contribution in [1.29, 1.82) is 0 Å². The molecule has 1 fully saturated rings. The van der Waals surface area contributed by atoms with Crippen molar-refractivity contribution in [2.45, 2.75) is 46.6 Å². The van der Waals surface area contributed by atoms with E-state index in [0.717, 1.165) is 37.5 Å². The summed E-state index contributed by atoms with van der Waals surface area (Å²) in [5, 5.41) is 9.50. The van der Waals surface area contributed by atoms with E-state index >= 15 is 0 Å². The summed E-state index contributed by atoms with van der Waals surface area (Å²) in [7, 11) is 0. The molecule has 1 saturated heterocycles. The highest BCUT2D eigenvalue weighted by Crippen LogP contribution is 2.12. The molecule has 0 aliphatic carbocycles. The van der Waals surface area contributed by atoms with Gasteiger partial charge in [0.15, 0.2) is 11.7 Å². The van der Waals surface area contributed by atoms with Crippen molar-refractivity contribution in [3.63, 3.8) is 0 Å². The van der Waals surface area contributed by atoms with E-state index in [1.165, 1.54) is 6.26 Å². The number of halogens is 1. The minimum absolute atomic E-state index is 0. The Kier molecular flexibility index (Phi) is 11.1. The smallest absolute Gasteiger partial charge is 0.287 e. The Hall–Kier alpha value is -1.78. The van der Waals surface area contributed by atoms with Crippen LogP contribution in [0.15, 0.2) is 21.7 Å². The Morgan fingerprint density at radius 1 is 1.34 bits per heavy atom. The number of amides is 2. The predicted octanol–water partition coefficient (Wildman–Crippen LogP) is 2.14. The van der Waals surface area contributed by atoms with Gasteiger partial charge in [-0.1, -0.05) is 13.8 Å². The molecule has 1 aliphatic heterocycles. The number of nitrogens with zero attached hydrogens (tertiary/aromatic N) is 2. The number of carbonyl (C=O) groups excluding carboxylic acids is 2. The summed E-state index contributed by atoms with van der Waals surface area (Å²) in [4.78, 5) is 30.6. The lowest BCUT2D eigenvalue weighted by atomic mass is 10.2. The molecule has 1 aromatic rings. The Morgan fingerprint density at radius 3 is 2.72 bits per heavy atom. The molecule has 2 rings (SSSR count). The lowest BCUT2D eigenvalue weighted by Crippen LogP contribution is -2.45. The SMILES string of the molecule is CCNC(=NCCCNC(=O)c1occc1C)NC1CCN(C(=O)C(C)C)C1.I. The minimum Gasteiger partial charge on any atom is -0.459 e. The Balaban J connectivity index is 0.00000420. The number of carbonyl (C=O) groups is 2. The maximum absolute atomic E-state index is 12.1. The standard InChI is InChI=1S/C20H33N5O3.HI/c1-5-21-20(24-16-7-11-25(13-16)19(27)14(2)3)23-10-6-9-22-18(26)17-15(4)8-12-28-17;/h8,12,14,16H,5-7,9-11,13H2,1-4H3,(H,22,26)(H2,21,23,24);1H. The predicted molar refractivity (Wildman–Crippen MR) is 125 cm³/mol. The van der Waals surface area contributed by atoms with Crippen LogP contribution in [0.5, 0.6) is 0 Å². The van der Waals surface area contributed by atoms with Crippen molar-refractivity contribution in [2.24, 2.45) is 10.9 Å². The molecule has 0 saturated carbocycles. The molecule has 2 heterocycles. The van der Waals surface area contributed by atoms with Crippen molar-refractivity contribution in [3.05, 3.63) is 23.7 Å². The van der Waals surface area contributed by atoms with Crippen LogP contribution in [-0.2, 0) is 4.79 Å². The van der Waals surface area contributed by atoms with Crippen molar-refractivity contribution in [1.82, 2.24) is 20.9 Å². The van der Waals surface area contributed by atoms with Gasteiger partial charge in [0.2, 0.25) is 5.91 Å². The molecule has 3 N–H and O–H groups in total. The third-order valence-electron chi connectivity index (χ3n) is 4.64. The fourth-order valence-electron chi connectivity index (χ4n) is 3.11. The molecule has 0 aromatic carbocycles.